The summed E-state index contributed by atoms with van der Waals surface area (Å²) in [6, 6.07) is 0. The monoisotopic (exact) mass is 418 g/mol. The van der Waals surface area contributed by atoms with Gasteiger partial charge in [-0.3, -0.25) is 4.79 Å². The molecule has 6 N–H and O–H groups in total. The SMILES string of the molecule is CC(C)=C[C@@]1(O)C(=O)C(C)(C)[C@@H](O)C(C)(C)[C@H]1O[C@@H]1O[C@H](CO)[C@@H](O)[C@H](O)[C@H]1O. The van der Waals surface area contributed by atoms with E-state index >= 15 is 0 Å². The van der Waals surface area contributed by atoms with Crippen LogP contribution in [0.25, 0.3) is 0 Å². The highest BCUT2D eigenvalue weighted by Gasteiger charge is 2.66. The van der Waals surface area contributed by atoms with E-state index in [1.165, 1.54) is 19.9 Å². The number of Topliss-reactive ketones (excluding diaryl/α,β-unsaturated/α-hetero) is 1. The molecule has 2 aliphatic rings. The van der Waals surface area contributed by atoms with Crippen LogP contribution in [0.15, 0.2) is 11.6 Å². The summed E-state index contributed by atoms with van der Waals surface area (Å²) in [6.45, 7) is 9.05. The lowest BCUT2D eigenvalue weighted by molar-refractivity contribution is -0.338. The molecule has 2 fully saturated rings. The molecule has 2 rings (SSSR count). The molecule has 0 aromatic rings. The van der Waals surface area contributed by atoms with Gasteiger partial charge in [0, 0.05) is 5.41 Å². The van der Waals surface area contributed by atoms with Crippen LogP contribution < -0.4 is 0 Å². The van der Waals surface area contributed by atoms with Crippen molar-refractivity contribution in [1.82, 2.24) is 0 Å². The third kappa shape index (κ3) is 3.90. The second-order valence-electron chi connectivity index (χ2n) is 9.54. The van der Waals surface area contributed by atoms with E-state index in [1.54, 1.807) is 27.7 Å². The fourth-order valence-electron chi connectivity index (χ4n) is 4.57. The predicted octanol–water partition coefficient (Wildman–Crippen LogP) is -1.14. The maximum atomic E-state index is 13.2. The lowest BCUT2D eigenvalue weighted by atomic mass is 9.55. The second kappa shape index (κ2) is 7.97. The molecule has 0 unspecified atom stereocenters. The molecule has 0 aromatic heterocycles. The van der Waals surface area contributed by atoms with E-state index in [9.17, 15) is 35.4 Å². The normalized spacial score (nSPS) is 44.4. The van der Waals surface area contributed by atoms with Gasteiger partial charge in [0.1, 0.15) is 30.5 Å². The van der Waals surface area contributed by atoms with Crippen LogP contribution in [0.5, 0.6) is 0 Å². The van der Waals surface area contributed by atoms with Gasteiger partial charge >= 0.3 is 0 Å². The summed E-state index contributed by atoms with van der Waals surface area (Å²) in [5, 5.41) is 62.0. The van der Waals surface area contributed by atoms with E-state index in [1.807, 2.05) is 0 Å². The van der Waals surface area contributed by atoms with Gasteiger partial charge in [-0.25, -0.2) is 0 Å². The molecule has 0 radical (unpaired) electrons. The van der Waals surface area contributed by atoms with Crippen LogP contribution in [0, 0.1) is 10.8 Å². The predicted molar refractivity (Wildman–Crippen MR) is 102 cm³/mol. The summed E-state index contributed by atoms with van der Waals surface area (Å²) in [6.07, 6.45) is -8.94. The van der Waals surface area contributed by atoms with Crippen LogP contribution in [0.2, 0.25) is 0 Å². The highest BCUT2D eigenvalue weighted by molar-refractivity contribution is 5.96. The first-order valence-electron chi connectivity index (χ1n) is 9.69. The summed E-state index contributed by atoms with van der Waals surface area (Å²) < 4.78 is 11.2. The van der Waals surface area contributed by atoms with Gasteiger partial charge in [-0.15, -0.1) is 0 Å². The number of hydrogen-bond acceptors (Lipinski definition) is 9. The van der Waals surface area contributed by atoms with Crippen molar-refractivity contribution in [2.24, 2.45) is 10.8 Å². The number of carbonyl (C=O) groups is 1. The van der Waals surface area contributed by atoms with E-state index < -0.39 is 71.7 Å². The third-order valence-electron chi connectivity index (χ3n) is 6.04. The highest BCUT2D eigenvalue weighted by atomic mass is 16.7. The Kier molecular flexibility index (Phi) is 6.70. The summed E-state index contributed by atoms with van der Waals surface area (Å²) in [4.78, 5) is 13.2. The minimum absolute atomic E-state index is 0.631. The number of hydrogen-bond donors (Lipinski definition) is 6. The fourth-order valence-corrected chi connectivity index (χ4v) is 4.57. The summed E-state index contributed by atoms with van der Waals surface area (Å²) >= 11 is 0. The lowest BCUT2D eigenvalue weighted by Gasteiger charge is -2.56. The maximum Gasteiger partial charge on any atom is 0.187 e. The van der Waals surface area contributed by atoms with Crippen molar-refractivity contribution in [2.45, 2.75) is 90.1 Å². The van der Waals surface area contributed by atoms with Crippen LogP contribution in [0.4, 0.5) is 0 Å². The summed E-state index contributed by atoms with van der Waals surface area (Å²) in [5.41, 5.74) is -3.99. The molecule has 168 valence electrons. The first kappa shape index (κ1) is 24.4. The van der Waals surface area contributed by atoms with Crippen LogP contribution in [-0.2, 0) is 14.3 Å². The largest absolute Gasteiger partial charge is 0.394 e. The standard InChI is InChI=1S/C20H34O9/c1-9(2)7-20(27)16(26)18(3,4)15(25)19(5,6)17(20)29-14-13(24)12(23)11(22)10(8-21)28-14/h7,10-15,17,21-25,27H,8H2,1-6H3/t10-,11-,12+,13-,14+,15-,17-,20-/m1/s1. The minimum Gasteiger partial charge on any atom is -0.394 e. The first-order valence-corrected chi connectivity index (χ1v) is 9.69. The van der Waals surface area contributed by atoms with E-state index in [-0.39, 0.29) is 0 Å². The van der Waals surface area contributed by atoms with Crippen molar-refractivity contribution in [3.63, 3.8) is 0 Å². The summed E-state index contributed by atoms with van der Waals surface area (Å²) in [5.74, 6) is -0.660. The Bertz CT molecular complexity index is 652. The zero-order valence-electron chi connectivity index (χ0n) is 17.7. The molecule has 1 aliphatic heterocycles. The molecule has 1 heterocycles. The lowest BCUT2D eigenvalue weighted by Crippen LogP contribution is -2.72. The van der Waals surface area contributed by atoms with Crippen LogP contribution >= 0.6 is 0 Å². The highest BCUT2D eigenvalue weighted by Crippen LogP contribution is 2.51. The smallest absolute Gasteiger partial charge is 0.187 e. The van der Waals surface area contributed by atoms with Crippen molar-refractivity contribution >= 4 is 5.78 Å². The zero-order valence-corrected chi connectivity index (χ0v) is 17.7. The molecular formula is C20H34O9. The molecular weight excluding hydrogens is 384 g/mol. The van der Waals surface area contributed by atoms with Crippen molar-refractivity contribution in [3.8, 4) is 0 Å². The van der Waals surface area contributed by atoms with Crippen molar-refractivity contribution in [3.05, 3.63) is 11.6 Å². The van der Waals surface area contributed by atoms with Gasteiger partial charge in [0.05, 0.1) is 18.1 Å². The molecule has 1 saturated heterocycles. The Morgan fingerprint density at radius 2 is 1.62 bits per heavy atom. The molecule has 0 aromatic carbocycles. The molecule has 29 heavy (non-hydrogen) atoms. The van der Waals surface area contributed by atoms with Gasteiger partial charge in [-0.05, 0) is 19.9 Å². The van der Waals surface area contributed by atoms with Gasteiger partial charge in [-0.2, -0.15) is 0 Å². The molecule has 8 atom stereocenters. The number of carbonyl (C=O) groups excluding carboxylic acids is 1. The van der Waals surface area contributed by atoms with Gasteiger partial charge in [0.25, 0.3) is 0 Å². The van der Waals surface area contributed by atoms with Gasteiger partial charge in [0.2, 0.25) is 0 Å². The van der Waals surface area contributed by atoms with E-state index in [0.717, 1.165) is 0 Å². The quantitative estimate of drug-likeness (QED) is 0.311. The summed E-state index contributed by atoms with van der Waals surface area (Å²) in [7, 11) is 0. The van der Waals surface area contributed by atoms with Gasteiger partial charge in [-0.1, -0.05) is 33.3 Å². The van der Waals surface area contributed by atoms with E-state index in [4.69, 9.17) is 9.47 Å². The Balaban J connectivity index is 2.51. The Hall–Kier alpha value is -0.910. The molecule has 0 amide bonds. The zero-order chi connectivity index (χ0) is 22.5. The van der Waals surface area contributed by atoms with Crippen molar-refractivity contribution in [1.29, 1.82) is 0 Å². The second-order valence-corrected chi connectivity index (χ2v) is 9.54. The number of allylic oxidation sites excluding steroid dienone is 1. The van der Waals surface area contributed by atoms with Crippen LogP contribution in [0.1, 0.15) is 41.5 Å². The molecule has 9 heteroatoms. The minimum atomic E-state index is -2.15. The first-order chi connectivity index (χ1) is 13.1. The Labute approximate surface area is 170 Å². The molecule has 1 aliphatic carbocycles. The molecule has 1 saturated carbocycles. The molecule has 0 bridgehead atoms. The fraction of sp³-hybridized carbons (Fsp3) is 0.850. The Morgan fingerprint density at radius 3 is 2.10 bits per heavy atom. The van der Waals surface area contributed by atoms with Crippen molar-refractivity contribution < 1.29 is 44.9 Å². The van der Waals surface area contributed by atoms with E-state index in [0.29, 0.717) is 5.57 Å². The number of ketones is 1. The number of ether oxygens (including phenoxy) is 2. The van der Waals surface area contributed by atoms with Gasteiger partial charge in [0.15, 0.2) is 17.7 Å². The third-order valence-corrected chi connectivity index (χ3v) is 6.04. The van der Waals surface area contributed by atoms with Crippen LogP contribution in [0.3, 0.4) is 0 Å². The average molecular weight is 418 g/mol. The Morgan fingerprint density at radius 1 is 1.07 bits per heavy atom. The van der Waals surface area contributed by atoms with Crippen molar-refractivity contribution in [2.75, 3.05) is 6.61 Å². The number of aliphatic hydroxyl groups excluding tert-OH is 5. The molecule has 0 spiro atoms. The van der Waals surface area contributed by atoms with Crippen LogP contribution in [-0.4, -0.2) is 91.5 Å². The number of rotatable bonds is 4. The number of aliphatic hydroxyl groups is 6. The molecule has 9 nitrogen and oxygen atoms in total. The van der Waals surface area contributed by atoms with E-state index in [2.05, 4.69) is 0 Å². The topological polar surface area (TPSA) is 157 Å². The van der Waals surface area contributed by atoms with Gasteiger partial charge < -0.3 is 40.1 Å². The average Bonchev–Trinajstić information content (AvgIpc) is 2.62. The maximum absolute atomic E-state index is 13.2.